The van der Waals surface area contributed by atoms with Crippen LogP contribution in [0.15, 0.2) is 188 Å². The summed E-state index contributed by atoms with van der Waals surface area (Å²) in [4.78, 5) is 17.4. The molecule has 2 heterocycles. The van der Waals surface area contributed by atoms with Gasteiger partial charge in [0.2, 0.25) is 5.95 Å². The molecule has 0 bridgehead atoms. The Morgan fingerprint density at radius 2 is 0.800 bits per heavy atom. The van der Waals surface area contributed by atoms with Crippen LogP contribution in [0.1, 0.15) is 0 Å². The molecule has 5 heteroatoms. The van der Waals surface area contributed by atoms with Gasteiger partial charge in [0.15, 0.2) is 11.6 Å². The SMILES string of the molecule is c1ccc(-c2nc(-c3ccccc3)nc(-n3c4ccccc4c4ccc(-c5ccc(N(c6ccccc6)c6ccccc6)cc5)cc43)n2)cc1. The van der Waals surface area contributed by atoms with Gasteiger partial charge in [-0.15, -0.1) is 0 Å². The van der Waals surface area contributed by atoms with Crippen LogP contribution in [0, 0.1) is 0 Å². The minimum Gasteiger partial charge on any atom is -0.311 e. The van der Waals surface area contributed by atoms with Crippen LogP contribution < -0.4 is 4.90 Å². The van der Waals surface area contributed by atoms with Gasteiger partial charge in [0.1, 0.15) is 0 Å². The molecular formula is C45H31N5. The van der Waals surface area contributed by atoms with Gasteiger partial charge in [-0.3, -0.25) is 4.57 Å². The van der Waals surface area contributed by atoms with Crippen molar-refractivity contribution >= 4 is 38.9 Å². The number of fused-ring (bicyclic) bond motifs is 3. The molecule has 0 fully saturated rings. The molecule has 9 rings (SSSR count). The Labute approximate surface area is 290 Å². The molecule has 0 unspecified atom stereocenters. The van der Waals surface area contributed by atoms with Crippen molar-refractivity contribution in [3.63, 3.8) is 0 Å². The lowest BCUT2D eigenvalue weighted by atomic mass is 10.0. The number of para-hydroxylation sites is 3. The largest absolute Gasteiger partial charge is 0.311 e. The van der Waals surface area contributed by atoms with E-state index in [9.17, 15) is 0 Å². The molecule has 0 aliphatic rings. The van der Waals surface area contributed by atoms with Gasteiger partial charge in [-0.25, -0.2) is 4.98 Å². The summed E-state index contributed by atoms with van der Waals surface area (Å²) in [6.07, 6.45) is 0. The van der Waals surface area contributed by atoms with E-state index in [4.69, 9.17) is 15.0 Å². The highest BCUT2D eigenvalue weighted by atomic mass is 15.2. The van der Waals surface area contributed by atoms with Crippen LogP contribution in [0.3, 0.4) is 0 Å². The molecule has 0 radical (unpaired) electrons. The van der Waals surface area contributed by atoms with Gasteiger partial charge in [0.25, 0.3) is 0 Å². The van der Waals surface area contributed by atoms with E-state index in [2.05, 4.69) is 125 Å². The molecule has 2 aromatic heterocycles. The van der Waals surface area contributed by atoms with E-state index < -0.39 is 0 Å². The lowest BCUT2D eigenvalue weighted by Crippen LogP contribution is -2.09. The number of benzene rings is 7. The zero-order valence-corrected chi connectivity index (χ0v) is 27.1. The summed E-state index contributed by atoms with van der Waals surface area (Å²) < 4.78 is 2.18. The van der Waals surface area contributed by atoms with E-state index in [1.807, 2.05) is 72.8 Å². The predicted octanol–water partition coefficient (Wildman–Crippen LogP) is 11.4. The molecule has 0 saturated heterocycles. The maximum atomic E-state index is 5.10. The zero-order chi connectivity index (χ0) is 33.3. The van der Waals surface area contributed by atoms with E-state index in [-0.39, 0.29) is 0 Å². The number of rotatable bonds is 7. The van der Waals surface area contributed by atoms with Crippen molar-refractivity contribution in [2.24, 2.45) is 0 Å². The van der Waals surface area contributed by atoms with E-state index in [1.54, 1.807) is 0 Å². The topological polar surface area (TPSA) is 46.8 Å². The fourth-order valence-electron chi connectivity index (χ4n) is 6.67. The minimum atomic E-state index is 0.581. The number of hydrogen-bond donors (Lipinski definition) is 0. The lowest BCUT2D eigenvalue weighted by molar-refractivity contribution is 0.953. The van der Waals surface area contributed by atoms with E-state index >= 15 is 0 Å². The van der Waals surface area contributed by atoms with Gasteiger partial charge in [-0.05, 0) is 59.7 Å². The first kappa shape index (κ1) is 29.3. The normalized spacial score (nSPS) is 11.2. The van der Waals surface area contributed by atoms with Crippen LogP contribution in [-0.2, 0) is 0 Å². The maximum Gasteiger partial charge on any atom is 0.238 e. The molecule has 0 atom stereocenters. The standard InChI is InChI=1S/C45H31N5/c1-5-15-33(16-6-1)43-46-44(34-17-7-2-8-18-34)48-45(47-43)50-41-24-14-13-23-39(41)40-30-27-35(31-42(40)50)32-25-28-38(29-26-32)49(36-19-9-3-10-20-36)37-21-11-4-12-22-37/h1-31H. The van der Waals surface area contributed by atoms with Crippen molar-refractivity contribution in [3.8, 4) is 39.9 Å². The van der Waals surface area contributed by atoms with E-state index in [0.717, 1.165) is 61.1 Å². The third-order valence-corrected chi connectivity index (χ3v) is 9.05. The Morgan fingerprint density at radius 3 is 1.38 bits per heavy atom. The van der Waals surface area contributed by atoms with Crippen LogP contribution in [0.4, 0.5) is 17.1 Å². The lowest BCUT2D eigenvalue weighted by Gasteiger charge is -2.25. The van der Waals surface area contributed by atoms with Crippen molar-refractivity contribution in [1.29, 1.82) is 0 Å². The number of anilines is 3. The molecule has 5 nitrogen and oxygen atoms in total. The highest BCUT2D eigenvalue weighted by molar-refractivity contribution is 6.10. The van der Waals surface area contributed by atoms with E-state index in [0.29, 0.717) is 17.6 Å². The quantitative estimate of drug-likeness (QED) is 0.174. The second-order valence-corrected chi connectivity index (χ2v) is 12.2. The summed E-state index contributed by atoms with van der Waals surface area (Å²) in [5.41, 5.74) is 9.50. The summed E-state index contributed by atoms with van der Waals surface area (Å²) in [6.45, 7) is 0. The molecule has 236 valence electrons. The Balaban J connectivity index is 1.19. The summed E-state index contributed by atoms with van der Waals surface area (Å²) in [5, 5.41) is 2.29. The minimum absolute atomic E-state index is 0.581. The molecule has 0 aliphatic carbocycles. The number of aromatic nitrogens is 4. The summed E-state index contributed by atoms with van der Waals surface area (Å²) in [5.74, 6) is 1.85. The first-order chi connectivity index (χ1) is 24.8. The zero-order valence-electron chi connectivity index (χ0n) is 27.1. The van der Waals surface area contributed by atoms with Gasteiger partial charge in [0, 0.05) is 39.0 Å². The molecule has 0 N–H and O–H groups in total. The monoisotopic (exact) mass is 641 g/mol. The highest BCUT2D eigenvalue weighted by Gasteiger charge is 2.19. The van der Waals surface area contributed by atoms with Gasteiger partial charge in [-0.1, -0.05) is 140 Å². The number of nitrogens with zero attached hydrogens (tertiary/aromatic N) is 5. The van der Waals surface area contributed by atoms with Crippen molar-refractivity contribution in [3.05, 3.63) is 188 Å². The maximum absolute atomic E-state index is 5.10. The Kier molecular flexibility index (Phi) is 7.41. The second kappa shape index (κ2) is 12.6. The fourth-order valence-corrected chi connectivity index (χ4v) is 6.67. The van der Waals surface area contributed by atoms with Gasteiger partial charge < -0.3 is 4.90 Å². The smallest absolute Gasteiger partial charge is 0.238 e. The number of hydrogen-bond acceptors (Lipinski definition) is 4. The summed E-state index contributed by atoms with van der Waals surface area (Å²) >= 11 is 0. The van der Waals surface area contributed by atoms with Crippen LogP contribution in [0.2, 0.25) is 0 Å². The third-order valence-electron chi connectivity index (χ3n) is 9.05. The molecular weight excluding hydrogens is 611 g/mol. The predicted molar refractivity (Wildman–Crippen MR) is 205 cm³/mol. The van der Waals surface area contributed by atoms with Crippen LogP contribution in [0.5, 0.6) is 0 Å². The Hall–Kier alpha value is -6.85. The van der Waals surface area contributed by atoms with Crippen LogP contribution >= 0.6 is 0 Å². The van der Waals surface area contributed by atoms with Crippen molar-refractivity contribution in [2.75, 3.05) is 4.90 Å². The average Bonchev–Trinajstić information content (AvgIpc) is 3.53. The summed E-state index contributed by atoms with van der Waals surface area (Å²) in [7, 11) is 0. The molecule has 0 spiro atoms. The van der Waals surface area contributed by atoms with Gasteiger partial charge in [-0.2, -0.15) is 9.97 Å². The van der Waals surface area contributed by atoms with Gasteiger partial charge >= 0.3 is 0 Å². The van der Waals surface area contributed by atoms with Crippen LogP contribution in [-0.4, -0.2) is 19.5 Å². The molecule has 0 aliphatic heterocycles. The summed E-state index contributed by atoms with van der Waals surface area (Å²) in [6, 6.07) is 65.1. The fraction of sp³-hybridized carbons (Fsp3) is 0. The molecule has 0 amide bonds. The Morgan fingerprint density at radius 1 is 0.340 bits per heavy atom. The first-order valence-electron chi connectivity index (χ1n) is 16.7. The molecule has 0 saturated carbocycles. The van der Waals surface area contributed by atoms with Crippen LogP contribution in [0.25, 0.3) is 61.7 Å². The van der Waals surface area contributed by atoms with Crippen molar-refractivity contribution in [1.82, 2.24) is 19.5 Å². The third kappa shape index (κ3) is 5.37. The first-order valence-corrected chi connectivity index (χ1v) is 16.7. The molecule has 7 aromatic carbocycles. The Bertz CT molecular complexity index is 2470. The van der Waals surface area contributed by atoms with Gasteiger partial charge in [0.05, 0.1) is 11.0 Å². The second-order valence-electron chi connectivity index (χ2n) is 12.2. The average molecular weight is 642 g/mol. The molecule has 9 aromatic rings. The van der Waals surface area contributed by atoms with Crippen molar-refractivity contribution in [2.45, 2.75) is 0 Å². The van der Waals surface area contributed by atoms with E-state index in [1.165, 1.54) is 0 Å². The molecule has 50 heavy (non-hydrogen) atoms. The highest BCUT2D eigenvalue weighted by Crippen LogP contribution is 2.38. The van der Waals surface area contributed by atoms with Crippen molar-refractivity contribution < 1.29 is 0 Å².